The van der Waals surface area contributed by atoms with E-state index in [1.807, 2.05) is 25.1 Å². The van der Waals surface area contributed by atoms with Gasteiger partial charge < -0.3 is 14.5 Å². The predicted octanol–water partition coefficient (Wildman–Crippen LogP) is 3.61. The van der Waals surface area contributed by atoms with E-state index in [2.05, 4.69) is 28.4 Å². The van der Waals surface area contributed by atoms with Crippen molar-refractivity contribution in [2.75, 3.05) is 26.2 Å². The highest BCUT2D eigenvalue weighted by atomic mass is 16.5. The molecule has 1 aromatic carbocycles. The van der Waals surface area contributed by atoms with Crippen LogP contribution in [0.5, 0.6) is 5.75 Å². The Morgan fingerprint density at radius 1 is 1.22 bits per heavy atom. The molecule has 4 heteroatoms. The molecular formula is C19H26N2O2. The second-order valence-corrected chi connectivity index (χ2v) is 5.99. The third-order valence-electron chi connectivity index (χ3n) is 4.33. The van der Waals surface area contributed by atoms with Crippen molar-refractivity contribution in [2.45, 2.75) is 32.4 Å². The lowest BCUT2D eigenvalue weighted by Gasteiger charge is -2.26. The minimum atomic E-state index is 0.322. The Morgan fingerprint density at radius 2 is 2.09 bits per heavy atom. The van der Waals surface area contributed by atoms with Gasteiger partial charge in [-0.2, -0.15) is 0 Å². The SMILES string of the molecule is CCOc1cccc(CNCC(c2ccco2)N2CCCC2)c1. The molecule has 1 atom stereocenters. The Bertz CT molecular complexity index is 577. The van der Waals surface area contributed by atoms with Crippen LogP contribution in [0.2, 0.25) is 0 Å². The number of benzene rings is 1. The molecule has 4 nitrogen and oxygen atoms in total. The van der Waals surface area contributed by atoms with Gasteiger partial charge in [0.15, 0.2) is 0 Å². The van der Waals surface area contributed by atoms with Crippen molar-refractivity contribution in [1.29, 1.82) is 0 Å². The Kier molecular flexibility index (Phi) is 5.72. The van der Waals surface area contributed by atoms with Crippen LogP contribution >= 0.6 is 0 Å². The molecule has 1 aliphatic heterocycles. The van der Waals surface area contributed by atoms with E-state index < -0.39 is 0 Å². The van der Waals surface area contributed by atoms with Crippen LogP contribution < -0.4 is 10.1 Å². The molecule has 1 unspecified atom stereocenters. The standard InChI is InChI=1S/C19H26N2O2/c1-2-22-17-8-5-7-16(13-17)14-20-15-18(19-9-6-12-23-19)21-10-3-4-11-21/h5-9,12-13,18,20H,2-4,10-11,14-15H2,1H3. The van der Waals surface area contributed by atoms with Crippen molar-refractivity contribution in [2.24, 2.45) is 0 Å². The number of likely N-dealkylation sites (tertiary alicyclic amines) is 1. The lowest BCUT2D eigenvalue weighted by Crippen LogP contribution is -2.33. The molecule has 0 spiro atoms. The first-order chi connectivity index (χ1) is 11.4. The zero-order chi connectivity index (χ0) is 15.9. The topological polar surface area (TPSA) is 37.6 Å². The third kappa shape index (κ3) is 4.36. The van der Waals surface area contributed by atoms with Gasteiger partial charge in [-0.15, -0.1) is 0 Å². The maximum absolute atomic E-state index is 5.66. The summed E-state index contributed by atoms with van der Waals surface area (Å²) in [4.78, 5) is 2.52. The van der Waals surface area contributed by atoms with E-state index in [0.29, 0.717) is 12.6 Å². The lowest BCUT2D eigenvalue weighted by atomic mass is 10.1. The number of hydrogen-bond acceptors (Lipinski definition) is 4. The fourth-order valence-electron chi connectivity index (χ4n) is 3.21. The van der Waals surface area contributed by atoms with Crippen LogP contribution in [0, 0.1) is 0 Å². The first-order valence-electron chi connectivity index (χ1n) is 8.56. The monoisotopic (exact) mass is 314 g/mol. The summed E-state index contributed by atoms with van der Waals surface area (Å²) in [5.74, 6) is 2.00. The molecule has 1 saturated heterocycles. The Morgan fingerprint density at radius 3 is 2.83 bits per heavy atom. The van der Waals surface area contributed by atoms with Gasteiger partial charge in [-0.05, 0) is 62.7 Å². The molecule has 0 radical (unpaired) electrons. The summed E-state index contributed by atoms with van der Waals surface area (Å²) >= 11 is 0. The van der Waals surface area contributed by atoms with Crippen LogP contribution in [0.1, 0.15) is 37.1 Å². The summed E-state index contributed by atoms with van der Waals surface area (Å²) in [5, 5.41) is 3.58. The molecule has 2 aromatic rings. The summed E-state index contributed by atoms with van der Waals surface area (Å²) < 4.78 is 11.2. The predicted molar refractivity (Wildman–Crippen MR) is 91.6 cm³/mol. The highest BCUT2D eigenvalue weighted by Gasteiger charge is 2.24. The highest BCUT2D eigenvalue weighted by molar-refractivity contribution is 5.28. The summed E-state index contributed by atoms with van der Waals surface area (Å²) in [5.41, 5.74) is 1.25. The van der Waals surface area contributed by atoms with Gasteiger partial charge in [0.05, 0.1) is 18.9 Å². The average molecular weight is 314 g/mol. The largest absolute Gasteiger partial charge is 0.494 e. The summed E-state index contributed by atoms with van der Waals surface area (Å²) in [6.07, 6.45) is 4.34. The molecule has 124 valence electrons. The first-order valence-corrected chi connectivity index (χ1v) is 8.56. The van der Waals surface area contributed by atoms with Crippen molar-refractivity contribution in [1.82, 2.24) is 10.2 Å². The first kappa shape index (κ1) is 16.1. The van der Waals surface area contributed by atoms with Crippen LogP contribution in [0.4, 0.5) is 0 Å². The Labute approximate surface area is 138 Å². The second kappa shape index (κ2) is 8.18. The molecule has 1 aliphatic rings. The van der Waals surface area contributed by atoms with Gasteiger partial charge in [-0.25, -0.2) is 0 Å². The fraction of sp³-hybridized carbons (Fsp3) is 0.474. The smallest absolute Gasteiger partial charge is 0.122 e. The van der Waals surface area contributed by atoms with E-state index in [4.69, 9.17) is 9.15 Å². The molecule has 1 aromatic heterocycles. The van der Waals surface area contributed by atoms with E-state index in [9.17, 15) is 0 Å². The summed E-state index contributed by atoms with van der Waals surface area (Å²) in [6.45, 7) is 6.76. The normalized spacial score (nSPS) is 16.6. The third-order valence-corrected chi connectivity index (χ3v) is 4.33. The van der Waals surface area contributed by atoms with Crippen LogP contribution in [0.15, 0.2) is 47.1 Å². The van der Waals surface area contributed by atoms with Gasteiger partial charge in [-0.1, -0.05) is 12.1 Å². The van der Waals surface area contributed by atoms with Crippen molar-refractivity contribution < 1.29 is 9.15 Å². The van der Waals surface area contributed by atoms with Gasteiger partial charge in [0.25, 0.3) is 0 Å². The van der Waals surface area contributed by atoms with Crippen LogP contribution in [0.25, 0.3) is 0 Å². The van der Waals surface area contributed by atoms with Crippen molar-refractivity contribution in [3.05, 3.63) is 54.0 Å². The quantitative estimate of drug-likeness (QED) is 0.808. The summed E-state index contributed by atoms with van der Waals surface area (Å²) in [6, 6.07) is 12.7. The highest BCUT2D eigenvalue weighted by Crippen LogP contribution is 2.25. The minimum absolute atomic E-state index is 0.322. The van der Waals surface area contributed by atoms with Crippen molar-refractivity contribution >= 4 is 0 Å². The van der Waals surface area contributed by atoms with Crippen LogP contribution in [0.3, 0.4) is 0 Å². The van der Waals surface area contributed by atoms with E-state index >= 15 is 0 Å². The fourth-order valence-corrected chi connectivity index (χ4v) is 3.21. The molecule has 3 rings (SSSR count). The number of hydrogen-bond donors (Lipinski definition) is 1. The van der Waals surface area contributed by atoms with Crippen LogP contribution in [-0.4, -0.2) is 31.1 Å². The molecule has 0 bridgehead atoms. The van der Waals surface area contributed by atoms with Gasteiger partial charge >= 0.3 is 0 Å². The molecule has 0 amide bonds. The average Bonchev–Trinajstić information content (AvgIpc) is 3.26. The van der Waals surface area contributed by atoms with E-state index in [1.54, 1.807) is 6.26 Å². The minimum Gasteiger partial charge on any atom is -0.494 e. The van der Waals surface area contributed by atoms with Crippen molar-refractivity contribution in [3.63, 3.8) is 0 Å². The maximum Gasteiger partial charge on any atom is 0.122 e. The number of rotatable bonds is 8. The van der Waals surface area contributed by atoms with E-state index in [1.165, 1.54) is 18.4 Å². The molecule has 0 saturated carbocycles. The number of nitrogens with zero attached hydrogens (tertiary/aromatic N) is 1. The Hall–Kier alpha value is -1.78. The van der Waals surface area contributed by atoms with Crippen LogP contribution in [-0.2, 0) is 6.54 Å². The Balaban J connectivity index is 1.57. The number of nitrogens with one attached hydrogen (secondary N) is 1. The second-order valence-electron chi connectivity index (χ2n) is 5.99. The van der Waals surface area contributed by atoms with Gasteiger partial charge in [-0.3, -0.25) is 4.90 Å². The number of furan rings is 1. The van der Waals surface area contributed by atoms with Gasteiger partial charge in [0.2, 0.25) is 0 Å². The van der Waals surface area contributed by atoms with Crippen molar-refractivity contribution in [3.8, 4) is 5.75 Å². The summed E-state index contributed by atoms with van der Waals surface area (Å²) in [7, 11) is 0. The zero-order valence-corrected chi connectivity index (χ0v) is 13.8. The molecule has 1 fully saturated rings. The van der Waals surface area contributed by atoms with E-state index in [-0.39, 0.29) is 0 Å². The molecule has 23 heavy (non-hydrogen) atoms. The zero-order valence-electron chi connectivity index (χ0n) is 13.8. The molecular weight excluding hydrogens is 288 g/mol. The molecule has 2 heterocycles. The van der Waals surface area contributed by atoms with Gasteiger partial charge in [0.1, 0.15) is 11.5 Å². The molecule has 1 N–H and O–H groups in total. The number of ether oxygens (including phenoxy) is 1. The molecule has 0 aliphatic carbocycles. The lowest BCUT2D eigenvalue weighted by molar-refractivity contribution is 0.209. The van der Waals surface area contributed by atoms with E-state index in [0.717, 1.165) is 37.7 Å². The van der Waals surface area contributed by atoms with Gasteiger partial charge in [0, 0.05) is 13.1 Å². The maximum atomic E-state index is 5.66.